The summed E-state index contributed by atoms with van der Waals surface area (Å²) in [5, 5.41) is 3.29. The van der Waals surface area contributed by atoms with Gasteiger partial charge in [0.05, 0.1) is 13.7 Å². The Morgan fingerprint density at radius 3 is 3.00 bits per heavy atom. The highest BCUT2D eigenvalue weighted by molar-refractivity contribution is 5.92. The van der Waals surface area contributed by atoms with Gasteiger partial charge in [0.1, 0.15) is 11.3 Å². The lowest BCUT2D eigenvalue weighted by Crippen LogP contribution is -2.16. The lowest BCUT2D eigenvalue weighted by Gasteiger charge is -2.13. The van der Waals surface area contributed by atoms with Gasteiger partial charge in [-0.2, -0.15) is 0 Å². The highest BCUT2D eigenvalue weighted by atomic mass is 16.5. The highest BCUT2D eigenvalue weighted by Gasteiger charge is 2.17. The number of rotatable bonds is 4. The largest absolute Gasteiger partial charge is 0.492 e. The Hall–Kier alpha value is -1.55. The molecule has 0 amide bonds. The van der Waals surface area contributed by atoms with Crippen LogP contribution in [0.1, 0.15) is 16.8 Å². The zero-order valence-corrected chi connectivity index (χ0v) is 9.94. The highest BCUT2D eigenvalue weighted by Crippen LogP contribution is 2.20. The molecule has 0 saturated carbocycles. The number of carbonyl (C=O) groups is 1. The molecule has 0 spiro atoms. The molecular formula is C13H17NO3. The molecule has 2 rings (SSSR count). The van der Waals surface area contributed by atoms with E-state index in [9.17, 15) is 4.79 Å². The van der Waals surface area contributed by atoms with E-state index in [1.807, 2.05) is 6.07 Å². The van der Waals surface area contributed by atoms with Gasteiger partial charge in [0.2, 0.25) is 0 Å². The molecule has 92 valence electrons. The Morgan fingerprint density at radius 2 is 2.29 bits per heavy atom. The van der Waals surface area contributed by atoms with Gasteiger partial charge >= 0.3 is 5.97 Å². The van der Waals surface area contributed by atoms with Crippen LogP contribution < -0.4 is 10.1 Å². The smallest absolute Gasteiger partial charge is 0.341 e. The van der Waals surface area contributed by atoms with Crippen LogP contribution in [-0.2, 0) is 4.74 Å². The maximum absolute atomic E-state index is 11.5. The number of hydrogen-bond donors (Lipinski definition) is 1. The van der Waals surface area contributed by atoms with Crippen LogP contribution in [0.5, 0.6) is 5.75 Å². The second kappa shape index (κ2) is 5.68. The first-order valence-corrected chi connectivity index (χ1v) is 5.82. The summed E-state index contributed by atoms with van der Waals surface area (Å²) in [6.45, 7) is 2.67. The van der Waals surface area contributed by atoms with E-state index in [1.54, 1.807) is 18.2 Å². The van der Waals surface area contributed by atoms with E-state index in [1.165, 1.54) is 7.11 Å². The number of esters is 1. The molecule has 0 aromatic heterocycles. The molecule has 1 fully saturated rings. The lowest BCUT2D eigenvalue weighted by atomic mass is 10.1. The van der Waals surface area contributed by atoms with Crippen LogP contribution in [0, 0.1) is 5.92 Å². The van der Waals surface area contributed by atoms with E-state index in [0.29, 0.717) is 23.8 Å². The minimum absolute atomic E-state index is 0.356. The van der Waals surface area contributed by atoms with Crippen molar-refractivity contribution in [2.75, 3.05) is 26.8 Å². The summed E-state index contributed by atoms with van der Waals surface area (Å²) >= 11 is 0. The van der Waals surface area contributed by atoms with Crippen LogP contribution in [-0.4, -0.2) is 32.8 Å². The summed E-state index contributed by atoms with van der Waals surface area (Å²) in [6.07, 6.45) is 1.13. The topological polar surface area (TPSA) is 47.6 Å². The molecule has 1 N–H and O–H groups in total. The number of ether oxygens (including phenoxy) is 2. The van der Waals surface area contributed by atoms with E-state index < -0.39 is 0 Å². The van der Waals surface area contributed by atoms with Crippen LogP contribution in [0.2, 0.25) is 0 Å². The number of methoxy groups -OCH3 is 1. The van der Waals surface area contributed by atoms with Crippen molar-refractivity contribution in [3.05, 3.63) is 29.8 Å². The predicted molar refractivity (Wildman–Crippen MR) is 64.3 cm³/mol. The van der Waals surface area contributed by atoms with Crippen molar-refractivity contribution < 1.29 is 14.3 Å². The molecule has 1 atom stereocenters. The Kier molecular flexibility index (Phi) is 3.98. The van der Waals surface area contributed by atoms with Gasteiger partial charge in [0, 0.05) is 12.5 Å². The molecular weight excluding hydrogens is 218 g/mol. The molecule has 0 unspecified atom stereocenters. The van der Waals surface area contributed by atoms with Gasteiger partial charge < -0.3 is 14.8 Å². The average molecular weight is 235 g/mol. The number of carbonyl (C=O) groups excluding carboxylic acids is 1. The molecule has 4 heteroatoms. The molecule has 17 heavy (non-hydrogen) atoms. The molecule has 0 bridgehead atoms. The lowest BCUT2D eigenvalue weighted by molar-refractivity contribution is 0.0595. The van der Waals surface area contributed by atoms with Gasteiger partial charge in [0.25, 0.3) is 0 Å². The van der Waals surface area contributed by atoms with Crippen molar-refractivity contribution in [1.29, 1.82) is 0 Å². The van der Waals surface area contributed by atoms with Crippen molar-refractivity contribution in [2.24, 2.45) is 5.92 Å². The summed E-state index contributed by atoms with van der Waals surface area (Å²) in [6, 6.07) is 7.17. The Balaban J connectivity index is 2.01. The normalized spacial score (nSPS) is 19.0. The molecule has 1 saturated heterocycles. The third-order valence-corrected chi connectivity index (χ3v) is 2.93. The van der Waals surface area contributed by atoms with E-state index in [-0.39, 0.29) is 5.97 Å². The SMILES string of the molecule is COC(=O)c1ccccc1OC[C@H]1CCNC1. The van der Waals surface area contributed by atoms with Gasteiger partial charge in [-0.1, -0.05) is 12.1 Å². The fourth-order valence-corrected chi connectivity index (χ4v) is 1.94. The summed E-state index contributed by atoms with van der Waals surface area (Å²) in [4.78, 5) is 11.5. The van der Waals surface area contributed by atoms with E-state index >= 15 is 0 Å². The molecule has 1 aromatic rings. The third kappa shape index (κ3) is 2.97. The maximum atomic E-state index is 11.5. The molecule has 1 aliphatic heterocycles. The zero-order chi connectivity index (χ0) is 12.1. The van der Waals surface area contributed by atoms with E-state index in [2.05, 4.69) is 5.32 Å². The Bertz CT molecular complexity index is 386. The van der Waals surface area contributed by atoms with Crippen LogP contribution in [0.25, 0.3) is 0 Å². The number of para-hydroxylation sites is 1. The first-order chi connectivity index (χ1) is 8.31. The number of nitrogens with one attached hydrogen (secondary N) is 1. The molecule has 1 aliphatic rings. The standard InChI is InChI=1S/C13H17NO3/c1-16-13(15)11-4-2-3-5-12(11)17-9-10-6-7-14-8-10/h2-5,10,14H,6-9H2,1H3/t10-/m0/s1. The molecule has 0 radical (unpaired) electrons. The van der Waals surface area contributed by atoms with Gasteiger partial charge in [-0.15, -0.1) is 0 Å². The van der Waals surface area contributed by atoms with Gasteiger partial charge in [0.15, 0.2) is 0 Å². The van der Waals surface area contributed by atoms with Crippen LogP contribution in [0.3, 0.4) is 0 Å². The molecule has 4 nitrogen and oxygen atoms in total. The monoisotopic (exact) mass is 235 g/mol. The summed E-state index contributed by atoms with van der Waals surface area (Å²) < 4.78 is 10.4. The zero-order valence-electron chi connectivity index (χ0n) is 9.94. The van der Waals surface area contributed by atoms with Gasteiger partial charge in [-0.05, 0) is 25.1 Å². The van der Waals surface area contributed by atoms with Crippen molar-refractivity contribution in [1.82, 2.24) is 5.32 Å². The third-order valence-electron chi connectivity index (χ3n) is 2.93. The quantitative estimate of drug-likeness (QED) is 0.803. The first-order valence-electron chi connectivity index (χ1n) is 5.82. The fourth-order valence-electron chi connectivity index (χ4n) is 1.94. The fraction of sp³-hybridized carbons (Fsp3) is 0.462. The predicted octanol–water partition coefficient (Wildman–Crippen LogP) is 1.46. The van der Waals surface area contributed by atoms with Gasteiger partial charge in [-0.25, -0.2) is 4.79 Å². The molecule has 0 aliphatic carbocycles. The second-order valence-corrected chi connectivity index (χ2v) is 4.16. The molecule has 1 heterocycles. The van der Waals surface area contributed by atoms with Crippen LogP contribution in [0.4, 0.5) is 0 Å². The summed E-state index contributed by atoms with van der Waals surface area (Å²) in [7, 11) is 1.38. The second-order valence-electron chi connectivity index (χ2n) is 4.16. The van der Waals surface area contributed by atoms with E-state index in [4.69, 9.17) is 9.47 Å². The summed E-state index contributed by atoms with van der Waals surface area (Å²) in [5.74, 6) is 0.775. The molecule has 1 aromatic carbocycles. The van der Waals surface area contributed by atoms with Crippen molar-refractivity contribution in [3.8, 4) is 5.75 Å². The Morgan fingerprint density at radius 1 is 1.47 bits per heavy atom. The van der Waals surface area contributed by atoms with E-state index in [0.717, 1.165) is 19.5 Å². The minimum Gasteiger partial charge on any atom is -0.492 e. The van der Waals surface area contributed by atoms with Crippen LogP contribution >= 0.6 is 0 Å². The minimum atomic E-state index is -0.356. The van der Waals surface area contributed by atoms with Crippen molar-refractivity contribution in [2.45, 2.75) is 6.42 Å². The number of hydrogen-bond acceptors (Lipinski definition) is 4. The average Bonchev–Trinajstić information content (AvgIpc) is 2.89. The maximum Gasteiger partial charge on any atom is 0.341 e. The van der Waals surface area contributed by atoms with Crippen molar-refractivity contribution >= 4 is 5.97 Å². The summed E-state index contributed by atoms with van der Waals surface area (Å²) in [5.41, 5.74) is 0.487. The first kappa shape index (κ1) is 11.9. The van der Waals surface area contributed by atoms with Crippen LogP contribution in [0.15, 0.2) is 24.3 Å². The number of benzene rings is 1. The van der Waals surface area contributed by atoms with Gasteiger partial charge in [-0.3, -0.25) is 0 Å². The Labute approximate surface area is 101 Å². The van der Waals surface area contributed by atoms with Crippen molar-refractivity contribution in [3.63, 3.8) is 0 Å².